The fourth-order valence-electron chi connectivity index (χ4n) is 1.62. The van der Waals surface area contributed by atoms with E-state index < -0.39 is 0 Å². The molecule has 0 heterocycles. The molecule has 1 aromatic rings. The van der Waals surface area contributed by atoms with E-state index in [1.807, 2.05) is 6.92 Å². The fraction of sp³-hybridized carbons (Fsp3) is 0.429. The minimum Gasteiger partial charge on any atom is -0.349 e. The first-order valence-electron chi connectivity index (χ1n) is 6.65. The third-order valence-corrected chi connectivity index (χ3v) is 2.85. The number of nitrogens with one attached hydrogen (secondary N) is 3. The van der Waals surface area contributed by atoms with Crippen LogP contribution in [0.3, 0.4) is 0 Å². The lowest BCUT2D eigenvalue weighted by molar-refractivity contribution is 0.0951. The van der Waals surface area contributed by atoms with E-state index >= 15 is 0 Å². The molecule has 0 unspecified atom stereocenters. The molecule has 102 valence electrons. The minimum absolute atomic E-state index is 0.0514. The largest absolute Gasteiger partial charge is 0.349 e. The highest BCUT2D eigenvalue weighted by Crippen LogP contribution is 2.19. The number of amides is 3. The van der Waals surface area contributed by atoms with E-state index in [0.29, 0.717) is 23.8 Å². The average molecular weight is 261 g/mol. The number of hydrogen-bond acceptors (Lipinski definition) is 2. The van der Waals surface area contributed by atoms with Gasteiger partial charge in [0.15, 0.2) is 0 Å². The van der Waals surface area contributed by atoms with Crippen LogP contribution in [0.1, 0.15) is 36.5 Å². The molecule has 1 aliphatic rings. The van der Waals surface area contributed by atoms with E-state index in [1.54, 1.807) is 24.3 Å². The molecule has 1 saturated carbocycles. The van der Waals surface area contributed by atoms with Crippen LogP contribution in [0.5, 0.6) is 0 Å². The second kappa shape index (κ2) is 6.22. The molecule has 0 spiro atoms. The predicted molar refractivity (Wildman–Crippen MR) is 74.2 cm³/mol. The van der Waals surface area contributed by atoms with Crippen molar-refractivity contribution in [2.24, 2.45) is 0 Å². The summed E-state index contributed by atoms with van der Waals surface area (Å²) in [6.45, 7) is 2.64. The Kier molecular flexibility index (Phi) is 4.39. The number of benzene rings is 1. The number of carbonyl (C=O) groups excluding carboxylic acids is 2. The smallest absolute Gasteiger partial charge is 0.319 e. The number of hydrogen-bond donors (Lipinski definition) is 3. The zero-order valence-electron chi connectivity index (χ0n) is 11.0. The van der Waals surface area contributed by atoms with Gasteiger partial charge in [-0.25, -0.2) is 4.79 Å². The van der Waals surface area contributed by atoms with Crippen LogP contribution in [0.4, 0.5) is 10.5 Å². The molecule has 1 aliphatic carbocycles. The van der Waals surface area contributed by atoms with Crippen molar-refractivity contribution < 1.29 is 9.59 Å². The third-order valence-electron chi connectivity index (χ3n) is 2.85. The minimum atomic E-state index is -0.225. The molecule has 0 atom stereocenters. The summed E-state index contributed by atoms with van der Waals surface area (Å²) < 4.78 is 0. The van der Waals surface area contributed by atoms with E-state index in [9.17, 15) is 9.59 Å². The standard InChI is InChI=1S/C14H19N3O2/c1-2-9-15-14(19)17-12-5-3-10(4-6-12)13(18)16-11-7-8-11/h3-6,11H,2,7-9H2,1H3,(H,16,18)(H2,15,17,19). The normalized spacial score (nSPS) is 13.7. The summed E-state index contributed by atoms with van der Waals surface area (Å²) in [7, 11) is 0. The Morgan fingerprint density at radius 2 is 1.89 bits per heavy atom. The van der Waals surface area contributed by atoms with Gasteiger partial charge < -0.3 is 16.0 Å². The van der Waals surface area contributed by atoms with Crippen molar-refractivity contribution >= 4 is 17.6 Å². The number of urea groups is 1. The number of carbonyl (C=O) groups is 2. The van der Waals surface area contributed by atoms with Gasteiger partial charge in [-0.2, -0.15) is 0 Å². The van der Waals surface area contributed by atoms with Crippen molar-refractivity contribution in [3.8, 4) is 0 Å². The lowest BCUT2D eigenvalue weighted by atomic mass is 10.2. The van der Waals surface area contributed by atoms with Crippen molar-refractivity contribution in [1.82, 2.24) is 10.6 Å². The van der Waals surface area contributed by atoms with Crippen LogP contribution < -0.4 is 16.0 Å². The Morgan fingerprint density at radius 1 is 1.21 bits per heavy atom. The fourth-order valence-corrected chi connectivity index (χ4v) is 1.62. The Morgan fingerprint density at radius 3 is 2.47 bits per heavy atom. The molecule has 1 fully saturated rings. The van der Waals surface area contributed by atoms with E-state index in [2.05, 4.69) is 16.0 Å². The maximum Gasteiger partial charge on any atom is 0.319 e. The first kappa shape index (κ1) is 13.4. The van der Waals surface area contributed by atoms with Crippen LogP contribution >= 0.6 is 0 Å². The molecule has 1 aromatic carbocycles. The van der Waals surface area contributed by atoms with Crippen molar-refractivity contribution in [2.75, 3.05) is 11.9 Å². The summed E-state index contributed by atoms with van der Waals surface area (Å²) in [6, 6.07) is 7.02. The second-order valence-electron chi connectivity index (χ2n) is 4.71. The summed E-state index contributed by atoms with van der Waals surface area (Å²) in [5.74, 6) is -0.0514. The highest BCUT2D eigenvalue weighted by Gasteiger charge is 2.23. The summed E-state index contributed by atoms with van der Waals surface area (Å²) in [5.41, 5.74) is 1.29. The molecule has 19 heavy (non-hydrogen) atoms. The maximum absolute atomic E-state index is 11.8. The van der Waals surface area contributed by atoms with Gasteiger partial charge in [-0.1, -0.05) is 6.92 Å². The van der Waals surface area contributed by atoms with Crippen LogP contribution in [0, 0.1) is 0 Å². The zero-order chi connectivity index (χ0) is 13.7. The molecule has 3 N–H and O–H groups in total. The molecule has 0 bridgehead atoms. The molecule has 2 rings (SSSR count). The summed E-state index contributed by atoms with van der Waals surface area (Å²) in [5, 5.41) is 8.36. The molecule has 3 amide bonds. The molecule has 0 aliphatic heterocycles. The van der Waals surface area contributed by atoms with Gasteiger partial charge in [0.25, 0.3) is 5.91 Å². The number of rotatable bonds is 5. The topological polar surface area (TPSA) is 70.2 Å². The van der Waals surface area contributed by atoms with E-state index in [-0.39, 0.29) is 11.9 Å². The maximum atomic E-state index is 11.8. The summed E-state index contributed by atoms with van der Waals surface area (Å²) >= 11 is 0. The third kappa shape index (κ3) is 4.28. The summed E-state index contributed by atoms with van der Waals surface area (Å²) in [6.07, 6.45) is 3.04. The molecule has 5 nitrogen and oxygen atoms in total. The van der Waals surface area contributed by atoms with E-state index in [4.69, 9.17) is 0 Å². The number of anilines is 1. The first-order valence-corrected chi connectivity index (χ1v) is 6.65. The van der Waals surface area contributed by atoms with Crippen LogP contribution in [0.2, 0.25) is 0 Å². The van der Waals surface area contributed by atoms with Gasteiger partial charge in [-0.3, -0.25) is 4.79 Å². The highest BCUT2D eigenvalue weighted by molar-refractivity contribution is 5.95. The lowest BCUT2D eigenvalue weighted by Gasteiger charge is -2.07. The van der Waals surface area contributed by atoms with Crippen molar-refractivity contribution in [3.05, 3.63) is 29.8 Å². The Hall–Kier alpha value is -2.04. The molecule has 0 aromatic heterocycles. The van der Waals surface area contributed by atoms with Crippen molar-refractivity contribution in [1.29, 1.82) is 0 Å². The highest BCUT2D eigenvalue weighted by atomic mass is 16.2. The first-order chi connectivity index (χ1) is 9.19. The monoisotopic (exact) mass is 261 g/mol. The lowest BCUT2D eigenvalue weighted by Crippen LogP contribution is -2.29. The van der Waals surface area contributed by atoms with Gasteiger partial charge in [0.2, 0.25) is 0 Å². The zero-order valence-corrected chi connectivity index (χ0v) is 11.0. The Bertz CT molecular complexity index is 452. The predicted octanol–water partition coefficient (Wildman–Crippen LogP) is 2.11. The van der Waals surface area contributed by atoms with Crippen molar-refractivity contribution in [3.63, 3.8) is 0 Å². The second-order valence-corrected chi connectivity index (χ2v) is 4.71. The molecular formula is C14H19N3O2. The summed E-state index contributed by atoms with van der Waals surface area (Å²) in [4.78, 5) is 23.2. The molecule has 0 radical (unpaired) electrons. The van der Waals surface area contributed by atoms with Crippen LogP contribution in [0.15, 0.2) is 24.3 Å². The quantitative estimate of drug-likeness (QED) is 0.759. The van der Waals surface area contributed by atoms with Gasteiger partial charge in [-0.15, -0.1) is 0 Å². The van der Waals surface area contributed by atoms with Gasteiger partial charge in [-0.05, 0) is 43.5 Å². The van der Waals surface area contributed by atoms with Crippen molar-refractivity contribution in [2.45, 2.75) is 32.2 Å². The van der Waals surface area contributed by atoms with Gasteiger partial charge in [0.1, 0.15) is 0 Å². The molecule has 0 saturated heterocycles. The van der Waals surface area contributed by atoms with Crippen LogP contribution in [-0.4, -0.2) is 24.5 Å². The van der Waals surface area contributed by atoms with E-state index in [0.717, 1.165) is 19.3 Å². The Labute approximate surface area is 112 Å². The molecular weight excluding hydrogens is 242 g/mol. The van der Waals surface area contributed by atoms with Gasteiger partial charge in [0, 0.05) is 23.8 Å². The van der Waals surface area contributed by atoms with Gasteiger partial charge >= 0.3 is 6.03 Å². The SMILES string of the molecule is CCCNC(=O)Nc1ccc(C(=O)NC2CC2)cc1. The Balaban J connectivity index is 1.86. The van der Waals surface area contributed by atoms with Crippen LogP contribution in [0.25, 0.3) is 0 Å². The van der Waals surface area contributed by atoms with Gasteiger partial charge in [0.05, 0.1) is 0 Å². The van der Waals surface area contributed by atoms with E-state index in [1.165, 1.54) is 0 Å². The van der Waals surface area contributed by atoms with Crippen LogP contribution in [-0.2, 0) is 0 Å². The average Bonchev–Trinajstić information content (AvgIpc) is 3.21. The molecule has 5 heteroatoms.